The number of nitriles is 1. The number of aromatic nitrogens is 1. The van der Waals surface area contributed by atoms with Crippen LogP contribution in [0.1, 0.15) is 33.0 Å². The molecule has 32 heavy (non-hydrogen) atoms. The van der Waals surface area contributed by atoms with Crippen molar-refractivity contribution in [3.8, 4) is 6.07 Å². The first-order chi connectivity index (χ1) is 15.7. The molecule has 0 N–H and O–H groups in total. The summed E-state index contributed by atoms with van der Waals surface area (Å²) in [6.45, 7) is 0.126. The summed E-state index contributed by atoms with van der Waals surface area (Å²) in [5.41, 5.74) is 2.20. The Hall–Kier alpha value is -3.82. The summed E-state index contributed by atoms with van der Waals surface area (Å²) < 4.78 is 7.13. The highest BCUT2D eigenvalue weighted by atomic mass is 32.2. The Morgan fingerprint density at radius 1 is 1.00 bits per heavy atom. The highest BCUT2D eigenvalue weighted by Gasteiger charge is 2.25. The topological polar surface area (TPSA) is 71.6 Å². The van der Waals surface area contributed by atoms with Gasteiger partial charge in [0.2, 0.25) is 0 Å². The predicted octanol–water partition coefficient (Wildman–Crippen LogP) is 4.88. The molecule has 0 spiro atoms. The standard InChI is InChI=1S/C26H20N2O3S/c1-32-24-20(16-27)25(29)28-15-9-8-14-22(28)23(24)26(30)31-17-21(18-10-4-2-5-11-18)19-12-6-3-7-13-19/h2-15,21H,17H2,1H3. The van der Waals surface area contributed by atoms with Gasteiger partial charge in [0.15, 0.2) is 0 Å². The smallest absolute Gasteiger partial charge is 0.341 e. The van der Waals surface area contributed by atoms with Gasteiger partial charge in [0.1, 0.15) is 18.2 Å². The first-order valence-corrected chi connectivity index (χ1v) is 11.3. The van der Waals surface area contributed by atoms with Crippen LogP contribution < -0.4 is 5.56 Å². The molecule has 5 nitrogen and oxygen atoms in total. The molecule has 2 aromatic heterocycles. The minimum absolute atomic E-state index is 0.0594. The second kappa shape index (κ2) is 9.54. The fourth-order valence-electron chi connectivity index (χ4n) is 3.77. The van der Waals surface area contributed by atoms with Gasteiger partial charge in [-0.1, -0.05) is 66.7 Å². The molecule has 0 saturated heterocycles. The summed E-state index contributed by atoms with van der Waals surface area (Å²) in [4.78, 5) is 26.4. The third-order valence-electron chi connectivity index (χ3n) is 5.31. The van der Waals surface area contributed by atoms with Gasteiger partial charge < -0.3 is 4.74 Å². The first-order valence-electron chi connectivity index (χ1n) is 10.0. The third-order valence-corrected chi connectivity index (χ3v) is 6.12. The van der Waals surface area contributed by atoms with Gasteiger partial charge >= 0.3 is 5.97 Å². The molecule has 0 aliphatic rings. The van der Waals surface area contributed by atoms with E-state index in [0.717, 1.165) is 11.1 Å². The molecule has 4 aromatic rings. The summed E-state index contributed by atoms with van der Waals surface area (Å²) in [5.74, 6) is -0.710. The summed E-state index contributed by atoms with van der Waals surface area (Å²) in [6.07, 6.45) is 3.29. The van der Waals surface area contributed by atoms with Crippen molar-refractivity contribution in [3.05, 3.63) is 118 Å². The van der Waals surface area contributed by atoms with E-state index in [1.54, 1.807) is 30.7 Å². The number of rotatable bonds is 6. The quantitative estimate of drug-likeness (QED) is 0.316. The molecule has 0 amide bonds. The van der Waals surface area contributed by atoms with E-state index >= 15 is 0 Å². The van der Waals surface area contributed by atoms with E-state index < -0.39 is 11.5 Å². The van der Waals surface area contributed by atoms with E-state index in [9.17, 15) is 14.9 Å². The van der Waals surface area contributed by atoms with Crippen molar-refractivity contribution < 1.29 is 9.53 Å². The maximum atomic E-state index is 13.3. The van der Waals surface area contributed by atoms with E-state index in [2.05, 4.69) is 0 Å². The molecule has 4 rings (SSSR count). The second-order valence-electron chi connectivity index (χ2n) is 7.13. The summed E-state index contributed by atoms with van der Waals surface area (Å²) in [5, 5.41) is 9.58. The number of fused-ring (bicyclic) bond motifs is 1. The molecule has 2 heterocycles. The maximum Gasteiger partial charge on any atom is 0.341 e. The SMILES string of the molecule is CSc1c(C#N)c(=O)n2ccccc2c1C(=O)OCC(c1ccccc1)c1ccccc1. The molecule has 0 atom stereocenters. The zero-order chi connectivity index (χ0) is 22.5. The number of benzene rings is 2. The number of esters is 1. The molecule has 0 bridgehead atoms. The minimum Gasteiger partial charge on any atom is -0.461 e. The van der Waals surface area contributed by atoms with Crippen LogP contribution in [-0.4, -0.2) is 23.2 Å². The molecule has 158 valence electrons. The number of hydrogen-bond donors (Lipinski definition) is 0. The van der Waals surface area contributed by atoms with Crippen LogP contribution in [0.3, 0.4) is 0 Å². The Kier molecular flexibility index (Phi) is 6.39. The predicted molar refractivity (Wildman–Crippen MR) is 125 cm³/mol. The Bertz CT molecular complexity index is 1320. The van der Waals surface area contributed by atoms with Crippen molar-refractivity contribution in [2.24, 2.45) is 0 Å². The fraction of sp³-hybridized carbons (Fsp3) is 0.115. The normalized spacial score (nSPS) is 10.8. The van der Waals surface area contributed by atoms with Gasteiger partial charge in [-0.3, -0.25) is 9.20 Å². The number of carbonyl (C=O) groups excluding carboxylic acids is 1. The lowest BCUT2D eigenvalue weighted by Gasteiger charge is -2.19. The van der Waals surface area contributed by atoms with Crippen LogP contribution in [0, 0.1) is 11.3 Å². The number of ether oxygens (including phenoxy) is 1. The molecular weight excluding hydrogens is 420 g/mol. The van der Waals surface area contributed by atoms with Crippen LogP contribution in [0.25, 0.3) is 5.52 Å². The molecular formula is C26H20N2O3S. The molecule has 2 aromatic carbocycles. The summed E-state index contributed by atoms with van der Waals surface area (Å²) in [7, 11) is 0. The molecule has 0 aliphatic carbocycles. The Balaban J connectivity index is 1.75. The molecule has 0 fully saturated rings. The average molecular weight is 441 g/mol. The second-order valence-corrected chi connectivity index (χ2v) is 7.94. The highest BCUT2D eigenvalue weighted by molar-refractivity contribution is 7.98. The van der Waals surface area contributed by atoms with E-state index in [0.29, 0.717) is 10.4 Å². The number of pyridine rings is 2. The monoisotopic (exact) mass is 440 g/mol. The van der Waals surface area contributed by atoms with Crippen LogP contribution in [0.2, 0.25) is 0 Å². The average Bonchev–Trinajstić information content (AvgIpc) is 2.85. The lowest BCUT2D eigenvalue weighted by atomic mass is 9.92. The van der Waals surface area contributed by atoms with Crippen molar-refractivity contribution in [1.82, 2.24) is 4.40 Å². The van der Waals surface area contributed by atoms with Crippen molar-refractivity contribution in [1.29, 1.82) is 5.26 Å². The van der Waals surface area contributed by atoms with E-state index in [1.165, 1.54) is 16.2 Å². The van der Waals surface area contributed by atoms with Crippen molar-refractivity contribution in [3.63, 3.8) is 0 Å². The van der Waals surface area contributed by atoms with Gasteiger partial charge in [-0.2, -0.15) is 5.26 Å². The van der Waals surface area contributed by atoms with E-state index in [4.69, 9.17) is 4.74 Å². The number of carbonyl (C=O) groups is 1. The highest BCUT2D eigenvalue weighted by Crippen LogP contribution is 2.29. The van der Waals surface area contributed by atoms with Crippen molar-refractivity contribution >= 4 is 23.2 Å². The first kappa shape index (κ1) is 21.4. The Labute approximate surface area is 189 Å². The van der Waals surface area contributed by atoms with Gasteiger partial charge in [-0.25, -0.2) is 4.79 Å². The molecule has 0 saturated carbocycles. The fourth-order valence-corrected chi connectivity index (χ4v) is 4.50. The van der Waals surface area contributed by atoms with Gasteiger partial charge in [0, 0.05) is 17.0 Å². The van der Waals surface area contributed by atoms with Crippen molar-refractivity contribution in [2.45, 2.75) is 10.8 Å². The van der Waals surface area contributed by atoms with Gasteiger partial charge in [-0.05, 0) is 29.5 Å². The zero-order valence-electron chi connectivity index (χ0n) is 17.4. The molecule has 0 aliphatic heterocycles. The molecule has 0 radical (unpaired) electrons. The zero-order valence-corrected chi connectivity index (χ0v) is 18.2. The molecule has 6 heteroatoms. The maximum absolute atomic E-state index is 13.3. The number of thioether (sulfide) groups is 1. The van der Waals surface area contributed by atoms with Gasteiger partial charge in [0.05, 0.1) is 11.1 Å². The minimum atomic E-state index is -0.564. The Morgan fingerprint density at radius 2 is 1.59 bits per heavy atom. The van der Waals surface area contributed by atoms with Crippen LogP contribution in [0.4, 0.5) is 0 Å². The van der Waals surface area contributed by atoms with Crippen LogP contribution in [-0.2, 0) is 4.74 Å². The van der Waals surface area contributed by atoms with Gasteiger partial charge in [0.25, 0.3) is 5.56 Å². The van der Waals surface area contributed by atoms with Gasteiger partial charge in [-0.15, -0.1) is 11.8 Å². The van der Waals surface area contributed by atoms with Crippen LogP contribution in [0.5, 0.6) is 0 Å². The van der Waals surface area contributed by atoms with Crippen LogP contribution >= 0.6 is 11.8 Å². The van der Waals surface area contributed by atoms with Crippen molar-refractivity contribution in [2.75, 3.05) is 12.9 Å². The summed E-state index contributed by atoms with van der Waals surface area (Å²) >= 11 is 1.19. The van der Waals surface area contributed by atoms with E-state index in [1.807, 2.05) is 66.7 Å². The van der Waals surface area contributed by atoms with E-state index in [-0.39, 0.29) is 23.7 Å². The lowest BCUT2D eigenvalue weighted by molar-refractivity contribution is 0.0490. The third kappa shape index (κ3) is 4.03. The lowest BCUT2D eigenvalue weighted by Crippen LogP contribution is -2.23. The Morgan fingerprint density at radius 3 is 2.16 bits per heavy atom. The number of hydrogen-bond acceptors (Lipinski definition) is 5. The molecule has 0 unspecified atom stereocenters. The summed E-state index contributed by atoms with van der Waals surface area (Å²) in [6, 6.07) is 26.8. The van der Waals surface area contributed by atoms with Crippen LogP contribution in [0.15, 0.2) is 94.7 Å². The number of nitrogens with zero attached hydrogens (tertiary/aromatic N) is 2. The largest absolute Gasteiger partial charge is 0.461 e.